The number of rotatable bonds is 5. The van der Waals surface area contributed by atoms with Crippen LogP contribution in [0.15, 0.2) is 54.6 Å². The highest BCUT2D eigenvalue weighted by Gasteiger charge is 2.17. The number of ether oxygens (including phenoxy) is 1. The largest absolute Gasteiger partial charge is 0.495 e. The molecule has 0 bridgehead atoms. The molecular weight excluding hydrogens is 291 g/mol. The Bertz CT molecular complexity index is 611. The molecule has 0 aliphatic rings. The highest BCUT2D eigenvalue weighted by Crippen LogP contribution is 2.42. The van der Waals surface area contributed by atoms with Crippen LogP contribution in [0, 0.1) is 0 Å². The number of hydrogen-bond acceptors (Lipinski definition) is 2. The molecule has 4 heteroatoms. The zero-order valence-electron chi connectivity index (χ0n) is 11.0. The molecule has 20 heavy (non-hydrogen) atoms. The molecule has 2 aromatic carbocycles. The SMILES string of the molecule is COc1c(/C=C\C=O)cccc1P(Cl)c1ccccc1. The summed E-state index contributed by atoms with van der Waals surface area (Å²) in [6.45, 7) is 0. The lowest BCUT2D eigenvalue weighted by molar-refractivity contribution is -0.104. The summed E-state index contributed by atoms with van der Waals surface area (Å²) in [7, 11) is 0.610. The number of hydrogen-bond donors (Lipinski definition) is 0. The summed E-state index contributed by atoms with van der Waals surface area (Å²) in [5.41, 5.74) is 0.848. The second-order valence-corrected chi connectivity index (χ2v) is 6.59. The molecule has 0 aromatic heterocycles. The third-order valence-electron chi connectivity index (χ3n) is 2.78. The summed E-state index contributed by atoms with van der Waals surface area (Å²) in [4.78, 5) is 10.5. The number of aldehydes is 1. The van der Waals surface area contributed by atoms with E-state index in [0.29, 0.717) is 0 Å². The van der Waals surface area contributed by atoms with Gasteiger partial charge in [0.05, 0.1) is 14.4 Å². The molecule has 0 radical (unpaired) electrons. The third kappa shape index (κ3) is 3.27. The van der Waals surface area contributed by atoms with Crippen molar-refractivity contribution in [2.45, 2.75) is 0 Å². The molecule has 0 aliphatic carbocycles. The molecule has 1 unspecified atom stereocenters. The van der Waals surface area contributed by atoms with E-state index in [0.717, 1.165) is 28.2 Å². The average Bonchev–Trinajstić information content (AvgIpc) is 2.52. The van der Waals surface area contributed by atoms with Crippen LogP contribution in [0.5, 0.6) is 5.75 Å². The Morgan fingerprint density at radius 1 is 1.10 bits per heavy atom. The van der Waals surface area contributed by atoms with E-state index in [9.17, 15) is 4.79 Å². The molecule has 1 atom stereocenters. The molecular formula is C16H14ClO2P. The van der Waals surface area contributed by atoms with Crippen LogP contribution in [0.1, 0.15) is 5.56 Å². The summed E-state index contributed by atoms with van der Waals surface area (Å²) in [5.74, 6) is 0.718. The van der Waals surface area contributed by atoms with Gasteiger partial charge in [0.25, 0.3) is 0 Å². The van der Waals surface area contributed by atoms with Gasteiger partial charge in [0.1, 0.15) is 12.0 Å². The average molecular weight is 305 g/mol. The molecule has 102 valence electrons. The monoisotopic (exact) mass is 304 g/mol. The van der Waals surface area contributed by atoms with Crippen LogP contribution in [0.4, 0.5) is 0 Å². The van der Waals surface area contributed by atoms with Crippen LogP contribution in [0.3, 0.4) is 0 Å². The van der Waals surface area contributed by atoms with Crippen LogP contribution in [0.2, 0.25) is 0 Å². The third-order valence-corrected chi connectivity index (χ3v) is 5.44. The van der Waals surface area contributed by atoms with Crippen LogP contribution in [-0.2, 0) is 4.79 Å². The lowest BCUT2D eigenvalue weighted by Gasteiger charge is -2.16. The van der Waals surface area contributed by atoms with Gasteiger partial charge in [-0.1, -0.05) is 53.7 Å². The van der Waals surface area contributed by atoms with E-state index >= 15 is 0 Å². The van der Waals surface area contributed by atoms with Crippen LogP contribution < -0.4 is 15.3 Å². The molecule has 0 N–H and O–H groups in total. The lowest BCUT2D eigenvalue weighted by atomic mass is 10.2. The minimum absolute atomic E-state index is 0.718. The Morgan fingerprint density at radius 3 is 2.50 bits per heavy atom. The molecule has 0 amide bonds. The van der Waals surface area contributed by atoms with Crippen molar-refractivity contribution in [1.29, 1.82) is 0 Å². The van der Waals surface area contributed by atoms with Gasteiger partial charge in [-0.05, 0) is 23.5 Å². The highest BCUT2D eigenvalue weighted by molar-refractivity contribution is 7.95. The van der Waals surface area contributed by atoms with Crippen molar-refractivity contribution in [3.63, 3.8) is 0 Å². The van der Waals surface area contributed by atoms with Gasteiger partial charge in [-0.25, -0.2) is 0 Å². The van der Waals surface area contributed by atoms with Crippen LogP contribution in [0.25, 0.3) is 6.08 Å². The molecule has 0 spiro atoms. The molecule has 0 heterocycles. The van der Waals surface area contributed by atoms with Gasteiger partial charge >= 0.3 is 0 Å². The van der Waals surface area contributed by atoms with Crippen molar-refractivity contribution < 1.29 is 9.53 Å². The van der Waals surface area contributed by atoms with Gasteiger partial charge in [-0.3, -0.25) is 4.79 Å². The zero-order valence-corrected chi connectivity index (χ0v) is 12.6. The van der Waals surface area contributed by atoms with Gasteiger partial charge in [0.15, 0.2) is 0 Å². The van der Waals surface area contributed by atoms with E-state index in [4.69, 9.17) is 16.0 Å². The minimum Gasteiger partial charge on any atom is -0.495 e. The number of carbonyl (C=O) groups is 1. The first-order chi connectivity index (χ1) is 9.77. The fourth-order valence-corrected chi connectivity index (χ4v) is 3.96. The Labute approximate surface area is 124 Å². The maximum Gasteiger partial charge on any atom is 0.142 e. The number of halogens is 1. The molecule has 0 saturated heterocycles. The predicted octanol–water partition coefficient (Wildman–Crippen LogP) is 3.49. The van der Waals surface area contributed by atoms with Crippen LogP contribution >= 0.6 is 18.5 Å². The first kappa shape index (κ1) is 14.8. The number of carbonyl (C=O) groups excluding carboxylic acids is 1. The minimum atomic E-state index is -1.00. The topological polar surface area (TPSA) is 26.3 Å². The van der Waals surface area contributed by atoms with Crippen molar-refractivity contribution in [1.82, 2.24) is 0 Å². The first-order valence-corrected chi connectivity index (χ1v) is 8.32. The van der Waals surface area contributed by atoms with Gasteiger partial charge in [-0.2, -0.15) is 0 Å². The number of para-hydroxylation sites is 1. The highest BCUT2D eigenvalue weighted by atomic mass is 35.7. The molecule has 0 fully saturated rings. The molecule has 0 saturated carbocycles. The van der Waals surface area contributed by atoms with E-state index in [-0.39, 0.29) is 0 Å². The molecule has 2 aromatic rings. The summed E-state index contributed by atoms with van der Waals surface area (Å²) in [6, 6.07) is 15.7. The van der Waals surface area contributed by atoms with E-state index < -0.39 is 7.27 Å². The van der Waals surface area contributed by atoms with Crippen molar-refractivity contribution in [3.8, 4) is 5.75 Å². The van der Waals surface area contributed by atoms with Crippen molar-refractivity contribution in [3.05, 3.63) is 60.2 Å². The Morgan fingerprint density at radius 2 is 1.85 bits per heavy atom. The number of benzene rings is 2. The Balaban J connectivity index is 2.46. The second kappa shape index (κ2) is 7.23. The Hall–Kier alpha value is -1.63. The van der Waals surface area contributed by atoms with Crippen molar-refractivity contribution in [2.24, 2.45) is 0 Å². The molecule has 0 aliphatic heterocycles. The quantitative estimate of drug-likeness (QED) is 0.480. The van der Waals surface area contributed by atoms with Crippen molar-refractivity contribution >= 4 is 41.5 Å². The van der Waals surface area contributed by atoms with Gasteiger partial charge in [0, 0.05) is 10.9 Å². The van der Waals surface area contributed by atoms with Gasteiger partial charge < -0.3 is 4.74 Å². The smallest absolute Gasteiger partial charge is 0.142 e. The molecule has 2 rings (SSSR count). The van der Waals surface area contributed by atoms with Gasteiger partial charge in [-0.15, -0.1) is 0 Å². The number of methoxy groups -OCH3 is 1. The first-order valence-electron chi connectivity index (χ1n) is 6.07. The van der Waals surface area contributed by atoms with Gasteiger partial charge in [0.2, 0.25) is 0 Å². The summed E-state index contributed by atoms with van der Waals surface area (Å²) in [5, 5.41) is 2.02. The maximum absolute atomic E-state index is 10.5. The van der Waals surface area contributed by atoms with E-state index in [2.05, 4.69) is 0 Å². The maximum atomic E-state index is 10.5. The van der Waals surface area contributed by atoms with Crippen LogP contribution in [-0.4, -0.2) is 13.4 Å². The van der Waals surface area contributed by atoms with Crippen molar-refractivity contribution in [2.75, 3.05) is 7.11 Å². The van der Waals surface area contributed by atoms with E-state index in [1.807, 2.05) is 48.5 Å². The number of allylic oxidation sites excluding steroid dienone is 1. The second-order valence-electron chi connectivity index (χ2n) is 4.01. The summed E-state index contributed by atoms with van der Waals surface area (Å²) < 4.78 is 5.48. The summed E-state index contributed by atoms with van der Waals surface area (Å²) in [6.07, 6.45) is 3.91. The molecule has 2 nitrogen and oxygen atoms in total. The standard InChI is InChI=1S/C16H14ClO2P/c1-19-16-13(8-6-12-18)7-5-11-15(16)20(17)14-9-3-2-4-10-14/h2-12H,1H3/b8-6-. The summed E-state index contributed by atoms with van der Waals surface area (Å²) >= 11 is 6.61. The van der Waals surface area contributed by atoms with E-state index in [1.165, 1.54) is 6.08 Å². The predicted molar refractivity (Wildman–Crippen MR) is 86.6 cm³/mol. The Kier molecular flexibility index (Phi) is 5.34. The fourth-order valence-electron chi connectivity index (χ4n) is 1.89. The lowest BCUT2D eigenvalue weighted by Crippen LogP contribution is -2.11. The van der Waals surface area contributed by atoms with E-state index in [1.54, 1.807) is 13.2 Å². The zero-order chi connectivity index (χ0) is 14.4. The normalized spacial score (nSPS) is 12.3. The fraction of sp³-hybridized carbons (Fsp3) is 0.0625.